The van der Waals surface area contributed by atoms with Gasteiger partial charge in [-0.25, -0.2) is 0 Å². The number of anilines is 2. The fraction of sp³-hybridized carbons (Fsp3) is 0.370. The number of amides is 1. The van der Waals surface area contributed by atoms with Crippen LogP contribution in [0.5, 0.6) is 0 Å². The van der Waals surface area contributed by atoms with Gasteiger partial charge in [0.15, 0.2) is 0 Å². The van der Waals surface area contributed by atoms with E-state index in [1.165, 1.54) is 11.1 Å². The van der Waals surface area contributed by atoms with Gasteiger partial charge in [0.2, 0.25) is 0 Å². The molecule has 2 N–H and O–H groups in total. The first-order valence-corrected chi connectivity index (χ1v) is 11.7. The van der Waals surface area contributed by atoms with Gasteiger partial charge in [0.25, 0.3) is 16.8 Å². The first-order chi connectivity index (χ1) is 15.9. The number of aryl methyl sites for hydroxylation is 1. The molecular formula is C27H31N3O3. The van der Waals surface area contributed by atoms with Gasteiger partial charge in [0.05, 0.1) is 0 Å². The van der Waals surface area contributed by atoms with Crippen LogP contribution in [0.1, 0.15) is 46.8 Å². The summed E-state index contributed by atoms with van der Waals surface area (Å²) in [6.07, 6.45) is 2.85. The van der Waals surface area contributed by atoms with Crippen molar-refractivity contribution in [3.63, 3.8) is 0 Å². The minimum atomic E-state index is -0.437. The zero-order valence-electron chi connectivity index (χ0n) is 19.3. The highest BCUT2D eigenvalue weighted by atomic mass is 16.2. The first kappa shape index (κ1) is 22.8. The minimum Gasteiger partial charge on any atom is -0.376 e. The average Bonchev–Trinajstić information content (AvgIpc) is 2.83. The quantitative estimate of drug-likeness (QED) is 0.520. The van der Waals surface area contributed by atoms with Crippen LogP contribution in [-0.2, 0) is 13.0 Å². The van der Waals surface area contributed by atoms with Gasteiger partial charge in [-0.2, -0.15) is 0 Å². The van der Waals surface area contributed by atoms with Gasteiger partial charge >= 0.3 is 0 Å². The number of carbonyl (C=O) groups is 1. The van der Waals surface area contributed by atoms with Crippen LogP contribution in [0.25, 0.3) is 0 Å². The molecule has 1 fully saturated rings. The van der Waals surface area contributed by atoms with Crippen molar-refractivity contribution in [1.29, 1.82) is 0 Å². The molecule has 3 aromatic carbocycles. The largest absolute Gasteiger partial charge is 0.376 e. The molecule has 0 spiro atoms. The zero-order valence-corrected chi connectivity index (χ0v) is 19.3. The van der Waals surface area contributed by atoms with Crippen molar-refractivity contribution in [2.45, 2.75) is 39.7 Å². The summed E-state index contributed by atoms with van der Waals surface area (Å²) in [5, 5.41) is 6.10. The van der Waals surface area contributed by atoms with Crippen LogP contribution in [0.4, 0.5) is 11.4 Å². The summed E-state index contributed by atoms with van der Waals surface area (Å²) in [6, 6.07) is 15.6. The third-order valence-electron chi connectivity index (χ3n) is 6.49. The molecule has 0 saturated carbocycles. The maximum Gasteiger partial charge on any atom is 0.253 e. The van der Waals surface area contributed by atoms with E-state index in [9.17, 15) is 14.4 Å². The highest BCUT2D eigenvalue weighted by molar-refractivity contribution is 5.94. The Kier molecular flexibility index (Phi) is 6.92. The van der Waals surface area contributed by atoms with Gasteiger partial charge in [-0.1, -0.05) is 48.9 Å². The van der Waals surface area contributed by atoms with Crippen LogP contribution in [0.3, 0.4) is 0 Å². The fourth-order valence-corrected chi connectivity index (χ4v) is 4.22. The summed E-state index contributed by atoms with van der Waals surface area (Å²) in [7, 11) is 0. The molecule has 172 valence electrons. The summed E-state index contributed by atoms with van der Waals surface area (Å²) in [4.78, 5) is 38.7. The molecule has 1 aliphatic rings. The summed E-state index contributed by atoms with van der Waals surface area (Å²) in [5.41, 5.74) is 4.09. The number of rotatable bonds is 8. The van der Waals surface area contributed by atoms with E-state index in [1.54, 1.807) is 12.1 Å². The Hall–Kier alpha value is -3.41. The van der Waals surface area contributed by atoms with Crippen LogP contribution in [0, 0.1) is 12.8 Å². The lowest BCUT2D eigenvalue weighted by Crippen LogP contribution is -2.45. The lowest BCUT2D eigenvalue weighted by atomic mass is 9.98. The van der Waals surface area contributed by atoms with Gasteiger partial charge in [-0.3, -0.25) is 14.4 Å². The van der Waals surface area contributed by atoms with Crippen LogP contribution in [0.2, 0.25) is 0 Å². The van der Waals surface area contributed by atoms with Crippen molar-refractivity contribution in [2.75, 3.05) is 29.9 Å². The second kappa shape index (κ2) is 10.0. The van der Waals surface area contributed by atoms with E-state index in [1.807, 2.05) is 17.0 Å². The smallest absolute Gasteiger partial charge is 0.253 e. The third kappa shape index (κ3) is 5.33. The van der Waals surface area contributed by atoms with E-state index in [4.69, 9.17) is 0 Å². The zero-order chi connectivity index (χ0) is 23.4. The second-order valence-corrected chi connectivity index (χ2v) is 9.09. The molecule has 4 rings (SSSR count). The molecule has 0 aromatic heterocycles. The SMILES string of the molecule is Cc1ccc(CCNC(=O)c2ccc(CNc3c(N4CCC(C)CC4)c(=O)c3=O)cc2)cc1. The van der Waals surface area contributed by atoms with Crippen molar-refractivity contribution in [3.8, 4) is 0 Å². The number of piperidine rings is 1. The van der Waals surface area contributed by atoms with Gasteiger partial charge < -0.3 is 15.5 Å². The summed E-state index contributed by atoms with van der Waals surface area (Å²) in [5.74, 6) is 0.549. The van der Waals surface area contributed by atoms with Crippen molar-refractivity contribution in [2.24, 2.45) is 5.92 Å². The molecule has 0 aliphatic carbocycles. The number of nitrogens with one attached hydrogen (secondary N) is 2. The van der Waals surface area contributed by atoms with E-state index in [0.717, 1.165) is 37.9 Å². The van der Waals surface area contributed by atoms with Gasteiger partial charge in [0, 0.05) is 31.7 Å². The van der Waals surface area contributed by atoms with Crippen LogP contribution in [0.15, 0.2) is 58.1 Å². The standard InChI is InChI=1S/C27H31N3O3/c1-18-3-5-20(6-4-18)11-14-28-27(33)22-9-7-21(8-10-22)17-29-23-24(26(32)25(23)31)30-15-12-19(2)13-16-30/h3-10,19,29H,11-17H2,1-2H3,(H,28,33). The van der Waals surface area contributed by atoms with Crippen LogP contribution in [-0.4, -0.2) is 25.5 Å². The number of hydrogen-bond acceptors (Lipinski definition) is 5. The van der Waals surface area contributed by atoms with E-state index in [0.29, 0.717) is 35.9 Å². The van der Waals surface area contributed by atoms with Gasteiger partial charge in [-0.05, 0) is 55.4 Å². The van der Waals surface area contributed by atoms with Crippen molar-refractivity contribution in [1.82, 2.24) is 5.32 Å². The van der Waals surface area contributed by atoms with Gasteiger partial charge in [0.1, 0.15) is 11.4 Å². The Bertz CT molecular complexity index is 1170. The molecular weight excluding hydrogens is 414 g/mol. The molecule has 1 saturated heterocycles. The molecule has 6 heteroatoms. The normalized spacial score (nSPS) is 14.4. The number of carbonyl (C=O) groups excluding carboxylic acids is 1. The Balaban J connectivity index is 1.29. The number of hydrogen-bond donors (Lipinski definition) is 2. The maximum absolute atomic E-state index is 12.4. The first-order valence-electron chi connectivity index (χ1n) is 11.7. The highest BCUT2D eigenvalue weighted by Gasteiger charge is 2.28. The molecule has 0 radical (unpaired) electrons. The lowest BCUT2D eigenvalue weighted by molar-refractivity contribution is 0.0954. The minimum absolute atomic E-state index is 0.106. The highest BCUT2D eigenvalue weighted by Crippen LogP contribution is 2.26. The lowest BCUT2D eigenvalue weighted by Gasteiger charge is -2.33. The number of benzene rings is 2. The molecule has 1 amide bonds. The summed E-state index contributed by atoms with van der Waals surface area (Å²) < 4.78 is 0. The topological polar surface area (TPSA) is 78.5 Å². The Morgan fingerprint density at radius 3 is 2.24 bits per heavy atom. The number of nitrogens with zero attached hydrogens (tertiary/aromatic N) is 1. The summed E-state index contributed by atoms with van der Waals surface area (Å²) >= 11 is 0. The molecule has 1 heterocycles. The van der Waals surface area contributed by atoms with Crippen molar-refractivity contribution >= 4 is 17.3 Å². The molecule has 0 unspecified atom stereocenters. The Morgan fingerprint density at radius 1 is 0.939 bits per heavy atom. The summed E-state index contributed by atoms with van der Waals surface area (Å²) in [6.45, 7) is 6.90. The van der Waals surface area contributed by atoms with Gasteiger partial charge in [-0.15, -0.1) is 0 Å². The second-order valence-electron chi connectivity index (χ2n) is 9.09. The van der Waals surface area contributed by atoms with E-state index in [2.05, 4.69) is 48.7 Å². The molecule has 3 aromatic rings. The maximum atomic E-state index is 12.4. The predicted molar refractivity (Wildman–Crippen MR) is 133 cm³/mol. The van der Waals surface area contributed by atoms with Crippen molar-refractivity contribution < 1.29 is 4.79 Å². The average molecular weight is 446 g/mol. The third-order valence-corrected chi connectivity index (χ3v) is 6.49. The molecule has 6 nitrogen and oxygen atoms in total. The molecule has 1 aliphatic heterocycles. The van der Waals surface area contributed by atoms with E-state index >= 15 is 0 Å². The Labute approximate surface area is 194 Å². The van der Waals surface area contributed by atoms with Crippen molar-refractivity contribution in [3.05, 3.63) is 91.2 Å². The molecule has 33 heavy (non-hydrogen) atoms. The Morgan fingerprint density at radius 2 is 1.58 bits per heavy atom. The fourth-order valence-electron chi connectivity index (χ4n) is 4.22. The monoisotopic (exact) mass is 445 g/mol. The van der Waals surface area contributed by atoms with Crippen LogP contribution >= 0.6 is 0 Å². The van der Waals surface area contributed by atoms with E-state index < -0.39 is 5.43 Å². The predicted octanol–water partition coefficient (Wildman–Crippen LogP) is 3.41. The van der Waals surface area contributed by atoms with E-state index in [-0.39, 0.29) is 11.3 Å². The molecule has 0 atom stereocenters. The molecule has 0 bridgehead atoms. The van der Waals surface area contributed by atoms with Crippen LogP contribution < -0.4 is 26.4 Å².